The molecule has 1 fully saturated rings. The summed E-state index contributed by atoms with van der Waals surface area (Å²) in [6, 6.07) is 8.52. The van der Waals surface area contributed by atoms with Crippen LogP contribution in [-0.4, -0.2) is 35.3 Å². The van der Waals surface area contributed by atoms with Gasteiger partial charge in [-0.15, -0.1) is 0 Å². The Balaban J connectivity index is 1.44. The molecule has 3 rings (SSSR count). The Bertz CT molecular complexity index is 780. The Morgan fingerprint density at radius 2 is 2.00 bits per heavy atom. The molecule has 1 amide bonds. The van der Waals surface area contributed by atoms with E-state index in [1.165, 1.54) is 16.8 Å². The van der Waals surface area contributed by atoms with Crippen molar-refractivity contribution in [3.05, 3.63) is 46.8 Å². The Morgan fingerprint density at radius 3 is 2.69 bits per heavy atom. The molecule has 1 N–H and O–H groups in total. The average molecular weight is 354 g/mol. The third-order valence-corrected chi connectivity index (χ3v) is 5.62. The quantitative estimate of drug-likeness (QED) is 0.867. The molecule has 0 aliphatic carbocycles. The molecule has 1 aliphatic rings. The zero-order valence-corrected chi connectivity index (χ0v) is 16.4. The predicted octanol–water partition coefficient (Wildman–Crippen LogP) is 3.15. The second kappa shape index (κ2) is 7.94. The third-order valence-electron chi connectivity index (χ3n) is 5.62. The molecule has 1 aromatic heterocycles. The van der Waals surface area contributed by atoms with Crippen LogP contribution in [0.2, 0.25) is 0 Å². The first-order valence-corrected chi connectivity index (χ1v) is 9.53. The number of nitrogens with zero attached hydrogens (tertiary/aromatic N) is 3. The highest BCUT2D eigenvalue weighted by atomic mass is 16.1. The molecule has 1 atom stereocenters. The lowest BCUT2D eigenvalue weighted by atomic mass is 10.1. The van der Waals surface area contributed by atoms with E-state index in [0.717, 1.165) is 37.4 Å². The van der Waals surface area contributed by atoms with Crippen molar-refractivity contribution in [3.8, 4) is 0 Å². The van der Waals surface area contributed by atoms with Crippen LogP contribution < -0.4 is 10.2 Å². The fraction of sp³-hybridized carbons (Fsp3) is 0.524. The van der Waals surface area contributed by atoms with Gasteiger partial charge in [0.2, 0.25) is 5.91 Å². The summed E-state index contributed by atoms with van der Waals surface area (Å²) in [5.41, 5.74) is 6.05. The first-order valence-electron chi connectivity index (χ1n) is 9.53. The minimum absolute atomic E-state index is 0.115. The molecule has 140 valence electrons. The molecular formula is C21H30N4O. The van der Waals surface area contributed by atoms with Gasteiger partial charge >= 0.3 is 0 Å². The van der Waals surface area contributed by atoms with Crippen molar-refractivity contribution < 1.29 is 4.79 Å². The topological polar surface area (TPSA) is 50.2 Å². The van der Waals surface area contributed by atoms with Crippen LogP contribution in [0.1, 0.15) is 35.4 Å². The van der Waals surface area contributed by atoms with Crippen molar-refractivity contribution in [1.29, 1.82) is 0 Å². The van der Waals surface area contributed by atoms with E-state index < -0.39 is 0 Å². The van der Waals surface area contributed by atoms with Gasteiger partial charge < -0.3 is 10.2 Å². The van der Waals surface area contributed by atoms with Crippen LogP contribution in [0.15, 0.2) is 24.3 Å². The Hall–Kier alpha value is -2.30. The van der Waals surface area contributed by atoms with E-state index in [-0.39, 0.29) is 5.91 Å². The number of hydrogen-bond acceptors (Lipinski definition) is 3. The SMILES string of the molecule is Cc1ccccc1N1CC[C@H](CNC(=O)CCn2nc(C)c(C)c2C)C1. The number of aromatic nitrogens is 2. The van der Waals surface area contributed by atoms with Crippen LogP contribution in [0.5, 0.6) is 0 Å². The van der Waals surface area contributed by atoms with Crippen molar-refractivity contribution in [3.63, 3.8) is 0 Å². The molecule has 0 saturated carbocycles. The number of aryl methyl sites for hydroxylation is 3. The molecule has 26 heavy (non-hydrogen) atoms. The highest BCUT2D eigenvalue weighted by molar-refractivity contribution is 5.75. The monoisotopic (exact) mass is 354 g/mol. The van der Waals surface area contributed by atoms with E-state index in [1.54, 1.807) is 0 Å². The van der Waals surface area contributed by atoms with Gasteiger partial charge in [-0.1, -0.05) is 18.2 Å². The van der Waals surface area contributed by atoms with E-state index in [9.17, 15) is 4.79 Å². The normalized spacial score (nSPS) is 16.9. The zero-order chi connectivity index (χ0) is 18.7. The highest BCUT2D eigenvalue weighted by Crippen LogP contribution is 2.26. The summed E-state index contributed by atoms with van der Waals surface area (Å²) < 4.78 is 1.94. The molecule has 2 aromatic rings. The van der Waals surface area contributed by atoms with Crippen LogP contribution in [0.3, 0.4) is 0 Å². The second-order valence-electron chi connectivity index (χ2n) is 7.46. The zero-order valence-electron chi connectivity index (χ0n) is 16.4. The van der Waals surface area contributed by atoms with Crippen LogP contribution in [-0.2, 0) is 11.3 Å². The molecule has 0 radical (unpaired) electrons. The number of hydrogen-bond donors (Lipinski definition) is 1. The summed E-state index contributed by atoms with van der Waals surface area (Å²) in [5.74, 6) is 0.638. The maximum atomic E-state index is 12.2. The maximum Gasteiger partial charge on any atom is 0.221 e. The molecule has 5 nitrogen and oxygen atoms in total. The Kier molecular flexibility index (Phi) is 5.64. The fourth-order valence-electron chi connectivity index (χ4n) is 3.69. The number of rotatable bonds is 6. The molecular weight excluding hydrogens is 324 g/mol. The number of benzene rings is 1. The predicted molar refractivity (Wildman–Crippen MR) is 106 cm³/mol. The number of anilines is 1. The van der Waals surface area contributed by atoms with E-state index in [4.69, 9.17) is 0 Å². The lowest BCUT2D eigenvalue weighted by Crippen LogP contribution is -2.31. The van der Waals surface area contributed by atoms with Gasteiger partial charge in [0.1, 0.15) is 0 Å². The van der Waals surface area contributed by atoms with E-state index >= 15 is 0 Å². The van der Waals surface area contributed by atoms with Crippen molar-refractivity contribution in [2.24, 2.45) is 5.92 Å². The minimum atomic E-state index is 0.115. The smallest absolute Gasteiger partial charge is 0.221 e. The fourth-order valence-corrected chi connectivity index (χ4v) is 3.69. The lowest BCUT2D eigenvalue weighted by molar-refractivity contribution is -0.121. The van der Waals surface area contributed by atoms with Gasteiger partial charge in [0.05, 0.1) is 5.69 Å². The Labute approximate surface area is 156 Å². The molecule has 0 unspecified atom stereocenters. The van der Waals surface area contributed by atoms with E-state index in [1.807, 2.05) is 11.6 Å². The largest absolute Gasteiger partial charge is 0.371 e. The number of carbonyl (C=O) groups is 1. The molecule has 2 heterocycles. The number of nitrogens with one attached hydrogen (secondary N) is 1. The maximum absolute atomic E-state index is 12.2. The third kappa shape index (κ3) is 4.09. The lowest BCUT2D eigenvalue weighted by Gasteiger charge is -2.21. The molecule has 1 saturated heterocycles. The second-order valence-corrected chi connectivity index (χ2v) is 7.46. The van der Waals surface area contributed by atoms with Crippen molar-refractivity contribution in [2.45, 2.75) is 47.1 Å². The van der Waals surface area contributed by atoms with E-state index in [0.29, 0.717) is 18.9 Å². The highest BCUT2D eigenvalue weighted by Gasteiger charge is 2.23. The average Bonchev–Trinajstić information content (AvgIpc) is 3.19. The molecule has 0 spiro atoms. The first kappa shape index (κ1) is 18.5. The number of para-hydroxylation sites is 1. The number of carbonyl (C=O) groups excluding carboxylic acids is 1. The summed E-state index contributed by atoms with van der Waals surface area (Å²) in [4.78, 5) is 14.7. The standard InChI is InChI=1S/C21H30N4O/c1-15-7-5-6-8-20(15)24-11-9-19(14-24)13-22-21(26)10-12-25-18(4)16(2)17(3)23-25/h5-8,19H,9-14H2,1-4H3,(H,22,26)/t19-/m1/s1. The summed E-state index contributed by atoms with van der Waals surface area (Å²) >= 11 is 0. The number of amides is 1. The van der Waals surface area contributed by atoms with E-state index in [2.05, 4.69) is 60.4 Å². The van der Waals surface area contributed by atoms with Gasteiger partial charge in [-0.25, -0.2) is 0 Å². The van der Waals surface area contributed by atoms with Gasteiger partial charge in [0.15, 0.2) is 0 Å². The van der Waals surface area contributed by atoms with Gasteiger partial charge in [0.25, 0.3) is 0 Å². The Morgan fingerprint density at radius 1 is 1.23 bits per heavy atom. The van der Waals surface area contributed by atoms with Crippen molar-refractivity contribution in [1.82, 2.24) is 15.1 Å². The van der Waals surface area contributed by atoms with Crippen LogP contribution in [0.25, 0.3) is 0 Å². The van der Waals surface area contributed by atoms with Gasteiger partial charge in [-0.2, -0.15) is 5.10 Å². The van der Waals surface area contributed by atoms with Crippen molar-refractivity contribution in [2.75, 3.05) is 24.5 Å². The minimum Gasteiger partial charge on any atom is -0.371 e. The van der Waals surface area contributed by atoms with Crippen LogP contribution >= 0.6 is 0 Å². The van der Waals surface area contributed by atoms with Gasteiger partial charge in [-0.3, -0.25) is 9.48 Å². The summed E-state index contributed by atoms with van der Waals surface area (Å²) in [6.45, 7) is 11.8. The van der Waals surface area contributed by atoms with Crippen molar-refractivity contribution >= 4 is 11.6 Å². The first-order chi connectivity index (χ1) is 12.5. The van der Waals surface area contributed by atoms with Gasteiger partial charge in [-0.05, 0) is 57.2 Å². The van der Waals surface area contributed by atoms with Crippen LogP contribution in [0, 0.1) is 33.6 Å². The summed E-state index contributed by atoms with van der Waals surface area (Å²) in [6.07, 6.45) is 1.61. The molecule has 5 heteroatoms. The molecule has 1 aliphatic heterocycles. The van der Waals surface area contributed by atoms with Gasteiger partial charge in [0, 0.05) is 44.0 Å². The summed E-state index contributed by atoms with van der Waals surface area (Å²) in [5, 5.41) is 7.62. The molecule has 1 aromatic carbocycles. The summed E-state index contributed by atoms with van der Waals surface area (Å²) in [7, 11) is 0. The molecule has 0 bridgehead atoms. The van der Waals surface area contributed by atoms with Crippen LogP contribution in [0.4, 0.5) is 5.69 Å².